The lowest BCUT2D eigenvalue weighted by Crippen LogP contribution is -2.38. The minimum Gasteiger partial charge on any atom is -0.380 e. The van der Waals surface area contributed by atoms with Crippen LogP contribution < -0.4 is 10.6 Å². The summed E-state index contributed by atoms with van der Waals surface area (Å²) < 4.78 is 11.2. The number of ether oxygens (including phenoxy) is 2. The van der Waals surface area contributed by atoms with E-state index >= 15 is 0 Å². The highest BCUT2D eigenvalue weighted by Crippen LogP contribution is 2.19. The lowest BCUT2D eigenvalue weighted by molar-refractivity contribution is 0.0468. The molecular formula is C20H33N3O2. The molecule has 0 amide bonds. The molecule has 140 valence electrons. The lowest BCUT2D eigenvalue weighted by atomic mass is 10.1. The van der Waals surface area contributed by atoms with Crippen LogP contribution in [0.3, 0.4) is 0 Å². The molecule has 5 nitrogen and oxygen atoms in total. The van der Waals surface area contributed by atoms with Gasteiger partial charge in [-0.1, -0.05) is 49.9 Å². The Morgan fingerprint density at radius 2 is 1.88 bits per heavy atom. The van der Waals surface area contributed by atoms with E-state index in [0.29, 0.717) is 12.7 Å². The van der Waals surface area contributed by atoms with Crippen LogP contribution in [0.25, 0.3) is 0 Å². The van der Waals surface area contributed by atoms with Crippen molar-refractivity contribution in [1.82, 2.24) is 10.6 Å². The number of methoxy groups -OCH3 is 1. The Hall–Kier alpha value is -1.59. The van der Waals surface area contributed by atoms with Crippen molar-refractivity contribution in [2.75, 3.05) is 27.3 Å². The minimum atomic E-state index is 0.447. The average molecular weight is 348 g/mol. The monoisotopic (exact) mass is 347 g/mol. The van der Waals surface area contributed by atoms with Gasteiger partial charge in [-0.05, 0) is 24.0 Å². The Labute approximate surface area is 152 Å². The molecule has 1 aliphatic rings. The van der Waals surface area contributed by atoms with Crippen LogP contribution in [0.15, 0.2) is 29.3 Å². The Balaban J connectivity index is 1.65. The van der Waals surface area contributed by atoms with Crippen LogP contribution >= 0.6 is 0 Å². The third-order valence-corrected chi connectivity index (χ3v) is 4.54. The number of nitrogens with one attached hydrogen (secondary N) is 2. The molecule has 0 heterocycles. The number of hydrogen-bond acceptors (Lipinski definition) is 3. The predicted molar refractivity (Wildman–Crippen MR) is 103 cm³/mol. The molecule has 0 saturated heterocycles. The fourth-order valence-corrected chi connectivity index (χ4v) is 3.21. The van der Waals surface area contributed by atoms with Crippen LogP contribution in [0.5, 0.6) is 0 Å². The van der Waals surface area contributed by atoms with Gasteiger partial charge >= 0.3 is 0 Å². The molecule has 1 fully saturated rings. The number of rotatable bonds is 8. The third-order valence-electron chi connectivity index (χ3n) is 4.54. The molecule has 1 aliphatic carbocycles. The predicted octanol–water partition coefficient (Wildman–Crippen LogP) is 3.24. The number of nitrogens with zero attached hydrogens (tertiary/aromatic N) is 1. The SMILES string of the molecule is CN=C(NCCOC1CCCCCC1)NCc1cccc(COC)c1. The second-order valence-corrected chi connectivity index (χ2v) is 6.59. The van der Waals surface area contributed by atoms with Gasteiger partial charge in [-0.25, -0.2) is 0 Å². The number of benzene rings is 1. The molecule has 25 heavy (non-hydrogen) atoms. The van der Waals surface area contributed by atoms with Gasteiger partial charge < -0.3 is 20.1 Å². The van der Waals surface area contributed by atoms with E-state index in [1.165, 1.54) is 49.7 Å². The molecule has 0 radical (unpaired) electrons. The van der Waals surface area contributed by atoms with Crippen molar-refractivity contribution in [2.24, 2.45) is 4.99 Å². The molecule has 0 atom stereocenters. The van der Waals surface area contributed by atoms with E-state index in [1.54, 1.807) is 14.2 Å². The summed E-state index contributed by atoms with van der Waals surface area (Å²) in [6.45, 7) is 2.88. The first-order valence-corrected chi connectivity index (χ1v) is 9.44. The largest absolute Gasteiger partial charge is 0.380 e. The van der Waals surface area contributed by atoms with Gasteiger partial charge in [0.15, 0.2) is 5.96 Å². The van der Waals surface area contributed by atoms with E-state index in [-0.39, 0.29) is 0 Å². The minimum absolute atomic E-state index is 0.447. The van der Waals surface area contributed by atoms with Gasteiger partial charge in [0.05, 0.1) is 19.3 Å². The third kappa shape index (κ3) is 7.88. The van der Waals surface area contributed by atoms with Crippen molar-refractivity contribution >= 4 is 5.96 Å². The maximum atomic E-state index is 6.00. The molecule has 2 rings (SSSR count). The van der Waals surface area contributed by atoms with E-state index < -0.39 is 0 Å². The Bertz CT molecular complexity index is 511. The van der Waals surface area contributed by atoms with Gasteiger partial charge in [-0.3, -0.25) is 4.99 Å². The van der Waals surface area contributed by atoms with Crippen molar-refractivity contribution < 1.29 is 9.47 Å². The van der Waals surface area contributed by atoms with Crippen LogP contribution in [0.4, 0.5) is 0 Å². The van der Waals surface area contributed by atoms with Crippen LogP contribution in [0.1, 0.15) is 49.7 Å². The summed E-state index contributed by atoms with van der Waals surface area (Å²) in [5.41, 5.74) is 2.40. The molecule has 0 bridgehead atoms. The Morgan fingerprint density at radius 3 is 2.60 bits per heavy atom. The van der Waals surface area contributed by atoms with Gasteiger partial charge in [0.1, 0.15) is 0 Å². The van der Waals surface area contributed by atoms with Crippen molar-refractivity contribution in [3.63, 3.8) is 0 Å². The van der Waals surface area contributed by atoms with Gasteiger partial charge in [-0.15, -0.1) is 0 Å². The summed E-state index contributed by atoms with van der Waals surface area (Å²) >= 11 is 0. The van der Waals surface area contributed by atoms with Crippen molar-refractivity contribution in [1.29, 1.82) is 0 Å². The van der Waals surface area contributed by atoms with E-state index in [2.05, 4.69) is 39.9 Å². The molecule has 1 aromatic carbocycles. The van der Waals surface area contributed by atoms with E-state index in [4.69, 9.17) is 9.47 Å². The maximum absolute atomic E-state index is 6.00. The first-order valence-electron chi connectivity index (χ1n) is 9.44. The fraction of sp³-hybridized carbons (Fsp3) is 0.650. The standard InChI is InChI=1S/C20H33N3O2/c1-21-20(22-12-13-25-19-10-5-3-4-6-11-19)23-15-17-8-7-9-18(14-17)16-24-2/h7-9,14,19H,3-6,10-13,15-16H2,1-2H3,(H2,21,22,23). The zero-order valence-corrected chi connectivity index (χ0v) is 15.7. The Kier molecular flexibility index (Phi) is 9.37. The maximum Gasteiger partial charge on any atom is 0.191 e. The van der Waals surface area contributed by atoms with Crippen LogP contribution in [-0.2, 0) is 22.6 Å². The molecule has 0 aromatic heterocycles. The summed E-state index contributed by atoms with van der Waals surface area (Å²) in [6, 6.07) is 8.39. The quantitative estimate of drug-likeness (QED) is 0.328. The highest BCUT2D eigenvalue weighted by Gasteiger charge is 2.12. The van der Waals surface area contributed by atoms with E-state index in [9.17, 15) is 0 Å². The topological polar surface area (TPSA) is 54.9 Å². The van der Waals surface area contributed by atoms with Gasteiger partial charge in [0, 0.05) is 27.2 Å². The molecular weight excluding hydrogens is 314 g/mol. The first kappa shape index (κ1) is 19.7. The molecule has 2 N–H and O–H groups in total. The zero-order chi connectivity index (χ0) is 17.7. The first-order chi connectivity index (χ1) is 12.3. The van der Waals surface area contributed by atoms with Crippen LogP contribution in [-0.4, -0.2) is 39.4 Å². The van der Waals surface area contributed by atoms with E-state index in [0.717, 1.165) is 25.7 Å². The van der Waals surface area contributed by atoms with Crippen molar-refractivity contribution in [3.8, 4) is 0 Å². The second-order valence-electron chi connectivity index (χ2n) is 6.59. The summed E-state index contributed by atoms with van der Waals surface area (Å²) in [4.78, 5) is 4.28. The summed E-state index contributed by atoms with van der Waals surface area (Å²) in [7, 11) is 3.51. The number of hydrogen-bond donors (Lipinski definition) is 2. The van der Waals surface area contributed by atoms with Crippen molar-refractivity contribution in [2.45, 2.75) is 57.8 Å². The molecule has 0 unspecified atom stereocenters. The highest BCUT2D eigenvalue weighted by molar-refractivity contribution is 5.79. The fourth-order valence-electron chi connectivity index (χ4n) is 3.21. The van der Waals surface area contributed by atoms with Crippen LogP contribution in [0.2, 0.25) is 0 Å². The lowest BCUT2D eigenvalue weighted by Gasteiger charge is -2.17. The molecule has 1 saturated carbocycles. The summed E-state index contributed by atoms with van der Waals surface area (Å²) in [5.74, 6) is 0.807. The van der Waals surface area contributed by atoms with Gasteiger partial charge in [-0.2, -0.15) is 0 Å². The number of aliphatic imine (C=N–C) groups is 1. The molecule has 0 aliphatic heterocycles. The molecule has 0 spiro atoms. The number of guanidine groups is 1. The molecule has 5 heteroatoms. The van der Waals surface area contributed by atoms with Crippen molar-refractivity contribution in [3.05, 3.63) is 35.4 Å². The normalized spacial score (nSPS) is 16.5. The van der Waals surface area contributed by atoms with Gasteiger partial charge in [0.2, 0.25) is 0 Å². The second kappa shape index (κ2) is 11.9. The Morgan fingerprint density at radius 1 is 1.12 bits per heavy atom. The van der Waals surface area contributed by atoms with E-state index in [1.807, 2.05) is 0 Å². The molecule has 1 aromatic rings. The smallest absolute Gasteiger partial charge is 0.191 e. The summed E-state index contributed by atoms with van der Waals surface area (Å²) in [6.07, 6.45) is 8.21. The highest BCUT2D eigenvalue weighted by atomic mass is 16.5. The van der Waals surface area contributed by atoms with Gasteiger partial charge in [0.25, 0.3) is 0 Å². The summed E-state index contributed by atoms with van der Waals surface area (Å²) in [5, 5.41) is 6.67. The van der Waals surface area contributed by atoms with Crippen LogP contribution in [0, 0.1) is 0 Å². The average Bonchev–Trinajstić information content (AvgIpc) is 2.90. The zero-order valence-electron chi connectivity index (χ0n) is 15.7.